The van der Waals surface area contributed by atoms with Crippen molar-refractivity contribution in [2.24, 2.45) is 0 Å². The lowest BCUT2D eigenvalue weighted by molar-refractivity contribution is 0.386. The van der Waals surface area contributed by atoms with E-state index in [4.69, 9.17) is 0 Å². The molecule has 24 heavy (non-hydrogen) atoms. The number of fused-ring (bicyclic) bond motifs is 1. The maximum Gasteiger partial charge on any atom is 0.256 e. The fraction of sp³-hybridized carbons (Fsp3) is 0.294. The summed E-state index contributed by atoms with van der Waals surface area (Å²) < 4.78 is 27.9. The van der Waals surface area contributed by atoms with E-state index in [1.165, 1.54) is 20.6 Å². The van der Waals surface area contributed by atoms with Gasteiger partial charge in [0.25, 0.3) is 5.56 Å². The summed E-state index contributed by atoms with van der Waals surface area (Å²) in [5, 5.41) is 1.21. The molecule has 0 atom stereocenters. The molecule has 0 N–H and O–H groups in total. The van der Waals surface area contributed by atoms with E-state index >= 15 is 0 Å². The molecule has 0 bridgehead atoms. The lowest BCUT2D eigenvalue weighted by atomic mass is 10.1. The molecule has 0 amide bonds. The van der Waals surface area contributed by atoms with E-state index in [0.717, 1.165) is 5.56 Å². The number of rotatable bonds is 4. The molecule has 1 aliphatic rings. The SMILES string of the molecule is CCn1cnc2c(c1=O)CCN(S(=O)(=O)/C=C/c1ccccc1)C2. The van der Waals surface area contributed by atoms with Crippen LogP contribution in [0.1, 0.15) is 23.7 Å². The molecule has 0 unspecified atom stereocenters. The van der Waals surface area contributed by atoms with Gasteiger partial charge in [0.2, 0.25) is 10.0 Å². The number of nitrogens with zero attached hydrogens (tertiary/aromatic N) is 3. The first-order valence-electron chi connectivity index (χ1n) is 7.81. The van der Waals surface area contributed by atoms with E-state index in [1.54, 1.807) is 6.08 Å². The molecule has 126 valence electrons. The maximum absolute atomic E-state index is 12.5. The molecular weight excluding hydrogens is 326 g/mol. The van der Waals surface area contributed by atoms with E-state index in [-0.39, 0.29) is 12.1 Å². The molecule has 3 rings (SSSR count). The molecule has 6 nitrogen and oxygen atoms in total. The first kappa shape index (κ1) is 16.6. The monoisotopic (exact) mass is 345 g/mol. The van der Waals surface area contributed by atoms with Gasteiger partial charge < -0.3 is 0 Å². The van der Waals surface area contributed by atoms with Gasteiger partial charge in [0.05, 0.1) is 18.6 Å². The van der Waals surface area contributed by atoms with Crippen LogP contribution in [0.15, 0.2) is 46.9 Å². The van der Waals surface area contributed by atoms with Crippen molar-refractivity contribution in [2.45, 2.75) is 26.4 Å². The minimum atomic E-state index is -3.55. The number of benzene rings is 1. The summed E-state index contributed by atoms with van der Waals surface area (Å²) >= 11 is 0. The second-order valence-electron chi connectivity index (χ2n) is 5.60. The summed E-state index contributed by atoms with van der Waals surface area (Å²) in [4.78, 5) is 16.5. The molecule has 0 fully saturated rings. The smallest absolute Gasteiger partial charge is 0.256 e. The van der Waals surface area contributed by atoms with Gasteiger partial charge >= 0.3 is 0 Å². The van der Waals surface area contributed by atoms with Crippen molar-refractivity contribution in [1.82, 2.24) is 13.9 Å². The lowest BCUT2D eigenvalue weighted by Crippen LogP contribution is -2.39. The Morgan fingerprint density at radius 2 is 2.00 bits per heavy atom. The van der Waals surface area contributed by atoms with Crippen molar-refractivity contribution in [3.8, 4) is 0 Å². The summed E-state index contributed by atoms with van der Waals surface area (Å²) in [6.07, 6.45) is 3.45. The van der Waals surface area contributed by atoms with Gasteiger partial charge in [0, 0.05) is 24.1 Å². The summed E-state index contributed by atoms with van der Waals surface area (Å²) in [6, 6.07) is 9.26. The Bertz CT molecular complexity index is 918. The Kier molecular flexibility index (Phi) is 4.64. The quantitative estimate of drug-likeness (QED) is 0.844. The molecule has 1 aromatic carbocycles. The van der Waals surface area contributed by atoms with Gasteiger partial charge in [-0.2, -0.15) is 4.31 Å². The lowest BCUT2D eigenvalue weighted by Gasteiger charge is -2.26. The van der Waals surface area contributed by atoms with Crippen LogP contribution in [0.2, 0.25) is 0 Å². The molecule has 7 heteroatoms. The number of sulfonamides is 1. The highest BCUT2D eigenvalue weighted by atomic mass is 32.2. The standard InChI is InChI=1S/C17H19N3O3S/c1-2-19-13-18-16-12-20(10-8-15(16)17(19)21)24(22,23)11-9-14-6-4-3-5-7-14/h3-7,9,11,13H,2,8,10,12H2,1H3/b11-9+. The number of hydrogen-bond acceptors (Lipinski definition) is 4. The van der Waals surface area contributed by atoms with Crippen molar-refractivity contribution in [3.63, 3.8) is 0 Å². The van der Waals surface area contributed by atoms with Crippen LogP contribution in [-0.2, 0) is 29.5 Å². The number of aromatic nitrogens is 2. The van der Waals surface area contributed by atoms with Crippen molar-refractivity contribution in [3.05, 3.63) is 69.2 Å². The highest BCUT2D eigenvalue weighted by molar-refractivity contribution is 7.92. The van der Waals surface area contributed by atoms with Crippen LogP contribution < -0.4 is 5.56 Å². The molecule has 2 aromatic rings. The highest BCUT2D eigenvalue weighted by Crippen LogP contribution is 2.18. The second kappa shape index (κ2) is 6.70. The molecular formula is C17H19N3O3S. The third-order valence-electron chi connectivity index (χ3n) is 4.09. The molecule has 2 heterocycles. The zero-order valence-corrected chi connectivity index (χ0v) is 14.2. The van der Waals surface area contributed by atoms with Gasteiger partial charge in [-0.05, 0) is 25.0 Å². The van der Waals surface area contributed by atoms with Crippen LogP contribution in [0.25, 0.3) is 6.08 Å². The number of hydrogen-bond donors (Lipinski definition) is 0. The topological polar surface area (TPSA) is 72.3 Å². The van der Waals surface area contributed by atoms with Crippen LogP contribution in [-0.4, -0.2) is 28.8 Å². The summed E-state index contributed by atoms with van der Waals surface area (Å²) in [6.45, 7) is 2.86. The summed E-state index contributed by atoms with van der Waals surface area (Å²) in [5.74, 6) is 0. The third-order valence-corrected chi connectivity index (χ3v) is 5.60. The minimum Gasteiger partial charge on any atom is -0.299 e. The molecule has 0 spiro atoms. The minimum absolute atomic E-state index is 0.0700. The Balaban J connectivity index is 1.83. The zero-order valence-electron chi connectivity index (χ0n) is 13.4. The van der Waals surface area contributed by atoms with Gasteiger partial charge in [0.15, 0.2) is 0 Å². The Morgan fingerprint density at radius 1 is 1.25 bits per heavy atom. The molecule has 1 aromatic heterocycles. The van der Waals surface area contributed by atoms with Crippen LogP contribution in [0, 0.1) is 0 Å². The molecule has 0 aliphatic carbocycles. The molecule has 0 radical (unpaired) electrons. The van der Waals surface area contributed by atoms with Crippen molar-refractivity contribution < 1.29 is 8.42 Å². The average Bonchev–Trinajstić information content (AvgIpc) is 2.61. The van der Waals surface area contributed by atoms with E-state index in [2.05, 4.69) is 4.98 Å². The van der Waals surface area contributed by atoms with Gasteiger partial charge in [-0.25, -0.2) is 13.4 Å². The predicted molar refractivity (Wildman–Crippen MR) is 92.7 cm³/mol. The zero-order chi connectivity index (χ0) is 17.2. The van der Waals surface area contributed by atoms with E-state index in [0.29, 0.717) is 30.8 Å². The first-order chi connectivity index (χ1) is 11.5. The van der Waals surface area contributed by atoms with E-state index in [1.807, 2.05) is 37.3 Å². The largest absolute Gasteiger partial charge is 0.299 e. The summed E-state index contributed by atoms with van der Waals surface area (Å²) in [7, 11) is -3.55. The van der Waals surface area contributed by atoms with Gasteiger partial charge in [-0.3, -0.25) is 9.36 Å². The Labute approximate surface area is 141 Å². The molecule has 1 aliphatic heterocycles. The maximum atomic E-state index is 12.5. The Hall–Kier alpha value is -2.25. The number of aryl methyl sites for hydroxylation is 1. The van der Waals surface area contributed by atoms with Crippen LogP contribution >= 0.6 is 0 Å². The second-order valence-corrected chi connectivity index (χ2v) is 7.42. The van der Waals surface area contributed by atoms with E-state index in [9.17, 15) is 13.2 Å². The third kappa shape index (κ3) is 3.32. The van der Waals surface area contributed by atoms with Crippen molar-refractivity contribution in [2.75, 3.05) is 6.54 Å². The van der Waals surface area contributed by atoms with Crippen LogP contribution in [0.5, 0.6) is 0 Å². The van der Waals surface area contributed by atoms with Crippen molar-refractivity contribution >= 4 is 16.1 Å². The summed E-state index contributed by atoms with van der Waals surface area (Å²) in [5.41, 5.74) is 1.92. The Morgan fingerprint density at radius 3 is 2.71 bits per heavy atom. The fourth-order valence-corrected chi connectivity index (χ4v) is 3.84. The van der Waals surface area contributed by atoms with Crippen LogP contribution in [0.4, 0.5) is 0 Å². The van der Waals surface area contributed by atoms with Gasteiger partial charge in [0.1, 0.15) is 0 Å². The predicted octanol–water partition coefficient (Wildman–Crippen LogP) is 1.62. The van der Waals surface area contributed by atoms with E-state index < -0.39 is 10.0 Å². The molecule has 0 saturated carbocycles. The average molecular weight is 345 g/mol. The fourth-order valence-electron chi connectivity index (χ4n) is 2.69. The normalized spacial score (nSPS) is 15.5. The van der Waals surface area contributed by atoms with Crippen molar-refractivity contribution in [1.29, 1.82) is 0 Å². The van der Waals surface area contributed by atoms with Crippen LogP contribution in [0.3, 0.4) is 0 Å². The van der Waals surface area contributed by atoms with Gasteiger partial charge in [-0.1, -0.05) is 30.3 Å². The highest BCUT2D eigenvalue weighted by Gasteiger charge is 2.27. The molecule has 0 saturated heterocycles. The first-order valence-corrected chi connectivity index (χ1v) is 9.32. The van der Waals surface area contributed by atoms with Gasteiger partial charge in [-0.15, -0.1) is 0 Å².